The molecule has 1 aromatic heterocycles. The quantitative estimate of drug-likeness (QED) is 0.799. The number of fused-ring (bicyclic) bond motifs is 1. The van der Waals surface area contributed by atoms with E-state index in [1.807, 2.05) is 24.3 Å². The summed E-state index contributed by atoms with van der Waals surface area (Å²) in [7, 11) is 0. The first-order valence-corrected chi connectivity index (χ1v) is 4.56. The van der Waals surface area contributed by atoms with E-state index in [9.17, 15) is 4.79 Å². The first-order valence-electron chi connectivity index (χ1n) is 4.56. The molecule has 0 aliphatic heterocycles. The number of esters is 1. The largest absolute Gasteiger partial charge is 0.461 e. The number of rotatable bonds is 2. The standard InChI is InChI=1S/C11H11NO2.ClH/c1-2-14-11(13)10-7-8-5-3-4-6-9(8)12-10;/h3-7,12H,2H2,1H3;1H. The number of halogens is 1. The topological polar surface area (TPSA) is 42.1 Å². The van der Waals surface area contributed by atoms with Gasteiger partial charge in [-0.25, -0.2) is 4.79 Å². The van der Waals surface area contributed by atoms with Crippen molar-refractivity contribution in [3.05, 3.63) is 36.0 Å². The van der Waals surface area contributed by atoms with Crippen LogP contribution in [-0.4, -0.2) is 17.6 Å². The zero-order chi connectivity index (χ0) is 9.97. The summed E-state index contributed by atoms with van der Waals surface area (Å²) in [5.74, 6) is -0.302. The Labute approximate surface area is 93.8 Å². The smallest absolute Gasteiger partial charge is 0.354 e. The summed E-state index contributed by atoms with van der Waals surface area (Å²) in [6, 6.07) is 9.54. The third-order valence-electron chi connectivity index (χ3n) is 2.03. The predicted octanol–water partition coefficient (Wildman–Crippen LogP) is 2.77. The molecule has 3 nitrogen and oxygen atoms in total. The maximum Gasteiger partial charge on any atom is 0.354 e. The van der Waals surface area contributed by atoms with Crippen LogP contribution in [0, 0.1) is 0 Å². The molecule has 0 saturated heterocycles. The fraction of sp³-hybridized carbons (Fsp3) is 0.182. The van der Waals surface area contributed by atoms with Crippen molar-refractivity contribution in [3.63, 3.8) is 0 Å². The average Bonchev–Trinajstić information content (AvgIpc) is 2.61. The Morgan fingerprint density at radius 2 is 2.13 bits per heavy atom. The fourth-order valence-electron chi connectivity index (χ4n) is 1.39. The van der Waals surface area contributed by atoms with E-state index in [4.69, 9.17) is 4.74 Å². The van der Waals surface area contributed by atoms with Crippen molar-refractivity contribution in [1.82, 2.24) is 4.98 Å². The van der Waals surface area contributed by atoms with Crippen molar-refractivity contribution in [2.75, 3.05) is 6.61 Å². The Balaban J connectivity index is 0.00000112. The Bertz CT molecular complexity index is 431. The van der Waals surface area contributed by atoms with E-state index < -0.39 is 0 Å². The lowest BCUT2D eigenvalue weighted by Crippen LogP contribution is -2.04. The van der Waals surface area contributed by atoms with Crippen LogP contribution in [0.15, 0.2) is 30.3 Å². The maximum absolute atomic E-state index is 11.4. The highest BCUT2D eigenvalue weighted by Gasteiger charge is 2.08. The summed E-state index contributed by atoms with van der Waals surface area (Å²) >= 11 is 0. The Morgan fingerprint density at radius 3 is 2.80 bits per heavy atom. The second-order valence-corrected chi connectivity index (χ2v) is 2.99. The van der Waals surface area contributed by atoms with Crippen LogP contribution in [-0.2, 0) is 4.74 Å². The SMILES string of the molecule is CCOC(=O)c1cc2ccccc2[nH]1.Cl. The molecule has 0 fully saturated rings. The van der Waals surface area contributed by atoms with Gasteiger partial charge in [-0.15, -0.1) is 12.4 Å². The van der Waals surface area contributed by atoms with E-state index in [1.54, 1.807) is 13.0 Å². The second-order valence-electron chi connectivity index (χ2n) is 2.99. The molecule has 0 amide bonds. The number of benzene rings is 1. The molecule has 1 aromatic carbocycles. The van der Waals surface area contributed by atoms with Gasteiger partial charge in [0.15, 0.2) is 0 Å². The second kappa shape index (κ2) is 4.84. The Kier molecular flexibility index (Phi) is 3.74. The molecule has 0 radical (unpaired) electrons. The molecule has 4 heteroatoms. The highest BCUT2D eigenvalue weighted by molar-refractivity contribution is 5.94. The number of para-hydroxylation sites is 1. The van der Waals surface area contributed by atoms with Gasteiger partial charge in [0.05, 0.1) is 6.61 Å². The van der Waals surface area contributed by atoms with E-state index in [2.05, 4.69) is 4.98 Å². The molecule has 0 unspecified atom stereocenters. The monoisotopic (exact) mass is 225 g/mol. The van der Waals surface area contributed by atoms with Gasteiger partial charge >= 0.3 is 5.97 Å². The summed E-state index contributed by atoms with van der Waals surface area (Å²) in [5.41, 5.74) is 1.46. The molecule has 1 heterocycles. The number of carbonyl (C=O) groups is 1. The van der Waals surface area contributed by atoms with Crippen molar-refractivity contribution >= 4 is 29.3 Å². The molecule has 1 N–H and O–H groups in total. The number of nitrogens with one attached hydrogen (secondary N) is 1. The van der Waals surface area contributed by atoms with Gasteiger partial charge in [-0.1, -0.05) is 18.2 Å². The minimum Gasteiger partial charge on any atom is -0.461 e. The van der Waals surface area contributed by atoms with Crippen LogP contribution in [0.4, 0.5) is 0 Å². The van der Waals surface area contributed by atoms with Crippen LogP contribution in [0.2, 0.25) is 0 Å². The van der Waals surface area contributed by atoms with Gasteiger partial charge in [0.2, 0.25) is 0 Å². The molecule has 0 bridgehead atoms. The molecule has 80 valence electrons. The van der Waals surface area contributed by atoms with E-state index in [0.29, 0.717) is 12.3 Å². The first kappa shape index (κ1) is 11.6. The molecule has 15 heavy (non-hydrogen) atoms. The molecule has 0 saturated carbocycles. The summed E-state index contributed by atoms with van der Waals surface area (Å²) in [5, 5.41) is 1.02. The van der Waals surface area contributed by atoms with Gasteiger partial charge in [0.1, 0.15) is 5.69 Å². The number of carbonyl (C=O) groups excluding carboxylic acids is 1. The maximum atomic E-state index is 11.4. The van der Waals surface area contributed by atoms with Crippen LogP contribution in [0.5, 0.6) is 0 Å². The fourth-order valence-corrected chi connectivity index (χ4v) is 1.39. The number of ether oxygens (including phenoxy) is 1. The highest BCUT2D eigenvalue weighted by Crippen LogP contribution is 2.14. The van der Waals surface area contributed by atoms with Gasteiger partial charge in [-0.2, -0.15) is 0 Å². The molecule has 0 aliphatic carbocycles. The van der Waals surface area contributed by atoms with Gasteiger partial charge in [-0.05, 0) is 19.1 Å². The third kappa shape index (κ3) is 2.30. The molecule has 0 atom stereocenters. The lowest BCUT2D eigenvalue weighted by Gasteiger charge is -1.96. The zero-order valence-corrected chi connectivity index (χ0v) is 9.14. The Morgan fingerprint density at radius 1 is 1.40 bits per heavy atom. The van der Waals surface area contributed by atoms with Crippen LogP contribution in [0.25, 0.3) is 10.9 Å². The van der Waals surface area contributed by atoms with Crippen LogP contribution < -0.4 is 0 Å². The van der Waals surface area contributed by atoms with E-state index in [-0.39, 0.29) is 18.4 Å². The van der Waals surface area contributed by atoms with Crippen molar-refractivity contribution < 1.29 is 9.53 Å². The lowest BCUT2D eigenvalue weighted by molar-refractivity contribution is 0.0520. The van der Waals surface area contributed by atoms with Crippen molar-refractivity contribution in [2.24, 2.45) is 0 Å². The summed E-state index contributed by atoms with van der Waals surface area (Å²) < 4.78 is 4.89. The number of hydrogen-bond acceptors (Lipinski definition) is 2. The first-order chi connectivity index (χ1) is 6.81. The van der Waals surface area contributed by atoms with Crippen LogP contribution in [0.3, 0.4) is 0 Å². The zero-order valence-electron chi connectivity index (χ0n) is 8.32. The van der Waals surface area contributed by atoms with E-state index >= 15 is 0 Å². The normalized spacial score (nSPS) is 9.67. The Hall–Kier alpha value is -1.48. The van der Waals surface area contributed by atoms with E-state index in [1.165, 1.54) is 0 Å². The van der Waals surface area contributed by atoms with Crippen molar-refractivity contribution in [2.45, 2.75) is 6.92 Å². The van der Waals surface area contributed by atoms with Gasteiger partial charge in [0, 0.05) is 10.9 Å². The van der Waals surface area contributed by atoms with Crippen LogP contribution >= 0.6 is 12.4 Å². The summed E-state index contributed by atoms with van der Waals surface area (Å²) in [4.78, 5) is 14.4. The van der Waals surface area contributed by atoms with Crippen LogP contribution in [0.1, 0.15) is 17.4 Å². The number of aromatic amines is 1. The predicted molar refractivity (Wildman–Crippen MR) is 61.5 cm³/mol. The number of aromatic nitrogens is 1. The molecular formula is C11H12ClNO2. The molecule has 0 spiro atoms. The van der Waals surface area contributed by atoms with Gasteiger partial charge in [0.25, 0.3) is 0 Å². The average molecular weight is 226 g/mol. The minimum absolute atomic E-state index is 0. The molecule has 2 aromatic rings. The minimum atomic E-state index is -0.302. The van der Waals surface area contributed by atoms with E-state index in [0.717, 1.165) is 10.9 Å². The number of H-pyrrole nitrogens is 1. The number of hydrogen-bond donors (Lipinski definition) is 1. The summed E-state index contributed by atoms with van der Waals surface area (Å²) in [6.07, 6.45) is 0. The van der Waals surface area contributed by atoms with Gasteiger partial charge < -0.3 is 9.72 Å². The molecular weight excluding hydrogens is 214 g/mol. The third-order valence-corrected chi connectivity index (χ3v) is 2.03. The van der Waals surface area contributed by atoms with Crippen molar-refractivity contribution in [3.8, 4) is 0 Å². The highest BCUT2D eigenvalue weighted by atomic mass is 35.5. The van der Waals surface area contributed by atoms with Gasteiger partial charge in [-0.3, -0.25) is 0 Å². The lowest BCUT2D eigenvalue weighted by atomic mass is 10.2. The molecule has 2 rings (SSSR count). The summed E-state index contributed by atoms with van der Waals surface area (Å²) in [6.45, 7) is 2.19. The molecule has 0 aliphatic rings. The van der Waals surface area contributed by atoms with Crippen molar-refractivity contribution in [1.29, 1.82) is 0 Å².